The van der Waals surface area contributed by atoms with E-state index in [-0.39, 0.29) is 17.7 Å². The normalized spacial score (nSPS) is 13.8. The minimum absolute atomic E-state index is 0.0518. The molecule has 3 amide bonds. The molecule has 7 heteroatoms. The SMILES string of the molecule is CC(=O)Nc1ccc(C)c(NC(=O)N2CCN(c3ccc(C(C)=O)cc3)CC2)c1. The Kier molecular flexibility index (Phi) is 6.16. The maximum Gasteiger partial charge on any atom is 0.321 e. The van der Waals surface area contributed by atoms with Gasteiger partial charge in [0.05, 0.1) is 0 Å². The molecule has 1 fully saturated rings. The Morgan fingerprint density at radius 2 is 1.52 bits per heavy atom. The van der Waals surface area contributed by atoms with E-state index in [0.29, 0.717) is 30.0 Å². The molecule has 0 spiro atoms. The third-order valence-corrected chi connectivity index (χ3v) is 5.01. The lowest BCUT2D eigenvalue weighted by Crippen LogP contribution is -2.50. The molecule has 0 unspecified atom stereocenters. The fraction of sp³-hybridized carbons (Fsp3) is 0.318. The largest absolute Gasteiger partial charge is 0.368 e. The fourth-order valence-corrected chi connectivity index (χ4v) is 3.31. The van der Waals surface area contributed by atoms with Crippen molar-refractivity contribution in [2.24, 2.45) is 0 Å². The van der Waals surface area contributed by atoms with Crippen LogP contribution >= 0.6 is 0 Å². The van der Waals surface area contributed by atoms with Gasteiger partial charge in [-0.3, -0.25) is 9.59 Å². The van der Waals surface area contributed by atoms with Gasteiger partial charge in [-0.25, -0.2) is 4.79 Å². The molecule has 7 nitrogen and oxygen atoms in total. The highest BCUT2D eigenvalue weighted by atomic mass is 16.2. The third kappa shape index (κ3) is 5.13. The molecule has 2 aromatic carbocycles. The van der Waals surface area contributed by atoms with Gasteiger partial charge in [0.25, 0.3) is 0 Å². The molecule has 1 aliphatic heterocycles. The number of piperazine rings is 1. The molecule has 1 heterocycles. The van der Waals surface area contributed by atoms with Crippen molar-refractivity contribution in [1.29, 1.82) is 0 Å². The second-order valence-corrected chi connectivity index (χ2v) is 7.22. The number of rotatable bonds is 4. The number of aryl methyl sites for hydroxylation is 1. The maximum atomic E-state index is 12.7. The van der Waals surface area contributed by atoms with Crippen LogP contribution in [0.2, 0.25) is 0 Å². The summed E-state index contributed by atoms with van der Waals surface area (Å²) in [6.45, 7) is 7.56. The first kappa shape index (κ1) is 20.4. The second-order valence-electron chi connectivity index (χ2n) is 7.22. The molecule has 0 atom stereocenters. The number of carbonyl (C=O) groups excluding carboxylic acids is 3. The van der Waals surface area contributed by atoms with Crippen molar-refractivity contribution >= 4 is 34.8 Å². The lowest BCUT2D eigenvalue weighted by atomic mass is 10.1. The van der Waals surface area contributed by atoms with Crippen molar-refractivity contribution in [3.8, 4) is 0 Å². The topological polar surface area (TPSA) is 81.8 Å². The highest BCUT2D eigenvalue weighted by Gasteiger charge is 2.22. The second kappa shape index (κ2) is 8.77. The van der Waals surface area contributed by atoms with Crippen molar-refractivity contribution in [2.75, 3.05) is 41.7 Å². The summed E-state index contributed by atoms with van der Waals surface area (Å²) in [5.41, 5.74) is 4.01. The zero-order valence-electron chi connectivity index (χ0n) is 17.0. The molecular formula is C22H26N4O3. The predicted molar refractivity (Wildman–Crippen MR) is 115 cm³/mol. The van der Waals surface area contributed by atoms with Gasteiger partial charge in [0.1, 0.15) is 0 Å². The van der Waals surface area contributed by atoms with E-state index in [1.807, 2.05) is 43.3 Å². The van der Waals surface area contributed by atoms with Gasteiger partial charge in [-0.2, -0.15) is 0 Å². The van der Waals surface area contributed by atoms with Crippen LogP contribution in [0.5, 0.6) is 0 Å². The molecule has 1 aliphatic rings. The average Bonchev–Trinajstić information content (AvgIpc) is 2.70. The van der Waals surface area contributed by atoms with E-state index in [1.54, 1.807) is 17.9 Å². The number of ketones is 1. The van der Waals surface area contributed by atoms with Crippen LogP contribution in [-0.2, 0) is 4.79 Å². The summed E-state index contributed by atoms with van der Waals surface area (Å²) in [7, 11) is 0. The number of nitrogens with zero attached hydrogens (tertiary/aromatic N) is 2. The number of hydrogen-bond donors (Lipinski definition) is 2. The number of nitrogens with one attached hydrogen (secondary N) is 2. The molecule has 29 heavy (non-hydrogen) atoms. The Morgan fingerprint density at radius 3 is 2.10 bits per heavy atom. The van der Waals surface area contributed by atoms with Crippen LogP contribution < -0.4 is 15.5 Å². The Hall–Kier alpha value is -3.35. The van der Waals surface area contributed by atoms with Crippen LogP contribution in [0.15, 0.2) is 42.5 Å². The van der Waals surface area contributed by atoms with Gasteiger partial charge in [0, 0.05) is 55.7 Å². The molecule has 152 valence electrons. The molecule has 0 radical (unpaired) electrons. The van der Waals surface area contributed by atoms with Crippen molar-refractivity contribution in [3.63, 3.8) is 0 Å². The van der Waals surface area contributed by atoms with Crippen LogP contribution in [0.3, 0.4) is 0 Å². The minimum Gasteiger partial charge on any atom is -0.368 e. The molecule has 3 rings (SSSR count). The van der Waals surface area contributed by atoms with Crippen LogP contribution in [0.25, 0.3) is 0 Å². The number of urea groups is 1. The quantitative estimate of drug-likeness (QED) is 0.778. The lowest BCUT2D eigenvalue weighted by Gasteiger charge is -2.36. The maximum absolute atomic E-state index is 12.7. The van der Waals surface area contributed by atoms with Gasteiger partial charge >= 0.3 is 6.03 Å². The van der Waals surface area contributed by atoms with E-state index in [4.69, 9.17) is 0 Å². The van der Waals surface area contributed by atoms with Gasteiger partial charge in [-0.1, -0.05) is 6.07 Å². The first-order valence-electron chi connectivity index (χ1n) is 9.63. The van der Waals surface area contributed by atoms with Gasteiger partial charge in [0.2, 0.25) is 5.91 Å². The number of benzene rings is 2. The summed E-state index contributed by atoms with van der Waals surface area (Å²) >= 11 is 0. The zero-order valence-corrected chi connectivity index (χ0v) is 17.0. The smallest absolute Gasteiger partial charge is 0.321 e. The first-order chi connectivity index (χ1) is 13.8. The Bertz CT molecular complexity index is 916. The lowest BCUT2D eigenvalue weighted by molar-refractivity contribution is -0.114. The zero-order chi connectivity index (χ0) is 21.0. The Balaban J connectivity index is 1.59. The number of carbonyl (C=O) groups is 3. The van der Waals surface area contributed by atoms with Gasteiger partial charge < -0.3 is 20.4 Å². The highest BCUT2D eigenvalue weighted by molar-refractivity contribution is 5.94. The van der Waals surface area contributed by atoms with Crippen LogP contribution in [-0.4, -0.2) is 48.8 Å². The van der Waals surface area contributed by atoms with Crippen LogP contribution in [0, 0.1) is 6.92 Å². The fourth-order valence-electron chi connectivity index (χ4n) is 3.31. The van der Waals surface area contributed by atoms with E-state index in [9.17, 15) is 14.4 Å². The summed E-state index contributed by atoms with van der Waals surface area (Å²) in [4.78, 5) is 39.3. The summed E-state index contributed by atoms with van der Waals surface area (Å²) in [6.07, 6.45) is 0. The number of anilines is 3. The van der Waals surface area contributed by atoms with Crippen molar-refractivity contribution in [3.05, 3.63) is 53.6 Å². The molecule has 0 aromatic heterocycles. The van der Waals surface area contributed by atoms with E-state index in [1.165, 1.54) is 6.92 Å². The predicted octanol–water partition coefficient (Wildman–Crippen LogP) is 3.51. The summed E-state index contributed by atoms with van der Waals surface area (Å²) in [5.74, 6) is -0.102. The molecule has 2 N–H and O–H groups in total. The van der Waals surface area contributed by atoms with E-state index < -0.39 is 0 Å². The third-order valence-electron chi connectivity index (χ3n) is 5.01. The number of hydrogen-bond acceptors (Lipinski definition) is 4. The first-order valence-corrected chi connectivity index (χ1v) is 9.63. The number of Topliss-reactive ketones (excluding diaryl/α,β-unsaturated/α-hetero) is 1. The molecule has 0 saturated carbocycles. The molecule has 0 aliphatic carbocycles. The minimum atomic E-state index is -0.154. The van der Waals surface area contributed by atoms with Gasteiger partial charge in [-0.05, 0) is 55.8 Å². The van der Waals surface area contributed by atoms with Crippen LogP contribution in [0.4, 0.5) is 21.9 Å². The standard InChI is InChI=1S/C22H26N4O3/c1-15-4-7-19(23-17(3)28)14-21(15)24-22(29)26-12-10-25(11-13-26)20-8-5-18(6-9-20)16(2)27/h4-9,14H,10-13H2,1-3H3,(H,23,28)(H,24,29). The van der Waals surface area contributed by atoms with E-state index >= 15 is 0 Å². The van der Waals surface area contributed by atoms with Gasteiger partial charge in [0.15, 0.2) is 5.78 Å². The molecular weight excluding hydrogens is 368 g/mol. The average molecular weight is 394 g/mol. The van der Waals surface area contributed by atoms with Crippen molar-refractivity contribution < 1.29 is 14.4 Å². The van der Waals surface area contributed by atoms with E-state index in [2.05, 4.69) is 15.5 Å². The molecule has 0 bridgehead atoms. The number of amides is 3. The highest BCUT2D eigenvalue weighted by Crippen LogP contribution is 2.22. The van der Waals surface area contributed by atoms with Crippen molar-refractivity contribution in [1.82, 2.24) is 4.90 Å². The summed E-state index contributed by atoms with van der Waals surface area (Å²) < 4.78 is 0. The van der Waals surface area contributed by atoms with Gasteiger partial charge in [-0.15, -0.1) is 0 Å². The Morgan fingerprint density at radius 1 is 0.862 bits per heavy atom. The Labute approximate surface area is 170 Å². The molecule has 2 aromatic rings. The van der Waals surface area contributed by atoms with E-state index in [0.717, 1.165) is 24.3 Å². The summed E-state index contributed by atoms with van der Waals surface area (Å²) in [5, 5.41) is 5.68. The summed E-state index contributed by atoms with van der Waals surface area (Å²) in [6, 6.07) is 12.9. The monoisotopic (exact) mass is 394 g/mol. The van der Waals surface area contributed by atoms with Crippen molar-refractivity contribution in [2.45, 2.75) is 20.8 Å². The molecule has 1 saturated heterocycles. The van der Waals surface area contributed by atoms with Crippen LogP contribution in [0.1, 0.15) is 29.8 Å².